The van der Waals surface area contributed by atoms with Crippen LogP contribution in [0, 0.1) is 6.92 Å². The first-order chi connectivity index (χ1) is 12.0. The zero-order valence-corrected chi connectivity index (χ0v) is 15.8. The Labute approximate surface area is 154 Å². The first-order valence-electron chi connectivity index (χ1n) is 8.61. The lowest BCUT2D eigenvalue weighted by Gasteiger charge is -2.36. The highest BCUT2D eigenvalue weighted by Gasteiger charge is 2.27. The minimum absolute atomic E-state index is 0.0249. The number of urea groups is 1. The number of thioether (sulfide) groups is 1. The fraction of sp³-hybridized carbons (Fsp3) is 0.556. The lowest BCUT2D eigenvalue weighted by molar-refractivity contribution is -0.135. The van der Waals surface area contributed by atoms with Gasteiger partial charge in [0.2, 0.25) is 5.91 Å². The topological polar surface area (TPSA) is 78.7 Å². The van der Waals surface area contributed by atoms with Gasteiger partial charge in [-0.05, 0) is 30.9 Å². The van der Waals surface area contributed by atoms with Crippen LogP contribution in [0.4, 0.5) is 4.79 Å². The number of rotatable bonds is 7. The Balaban J connectivity index is 1.86. The Morgan fingerprint density at radius 3 is 2.60 bits per heavy atom. The zero-order valence-electron chi connectivity index (χ0n) is 15.0. The molecule has 7 heteroatoms. The number of nitrogens with zero attached hydrogens (tertiary/aromatic N) is 2. The van der Waals surface area contributed by atoms with E-state index in [9.17, 15) is 9.59 Å². The van der Waals surface area contributed by atoms with Crippen molar-refractivity contribution in [2.45, 2.75) is 25.9 Å². The van der Waals surface area contributed by atoms with Gasteiger partial charge < -0.3 is 16.0 Å². The SMILES string of the molecule is CSCCC(NC(N)=O)C(=O)N1CCN(Cc2cccc(C)c2)CC1. The van der Waals surface area contributed by atoms with Gasteiger partial charge >= 0.3 is 6.03 Å². The summed E-state index contributed by atoms with van der Waals surface area (Å²) in [4.78, 5) is 28.0. The normalized spacial score (nSPS) is 16.5. The molecule has 0 bridgehead atoms. The van der Waals surface area contributed by atoms with Gasteiger partial charge in [0.25, 0.3) is 0 Å². The summed E-state index contributed by atoms with van der Waals surface area (Å²) in [5.74, 6) is 0.785. The molecule has 0 spiro atoms. The Hall–Kier alpha value is -1.73. The summed E-state index contributed by atoms with van der Waals surface area (Å²) < 4.78 is 0. The number of nitrogens with one attached hydrogen (secondary N) is 1. The number of hydrogen-bond donors (Lipinski definition) is 2. The van der Waals surface area contributed by atoms with E-state index >= 15 is 0 Å². The number of amides is 3. The van der Waals surface area contributed by atoms with Gasteiger partial charge in [0.1, 0.15) is 6.04 Å². The van der Waals surface area contributed by atoms with E-state index in [2.05, 4.69) is 41.4 Å². The van der Waals surface area contributed by atoms with E-state index in [1.54, 1.807) is 11.8 Å². The smallest absolute Gasteiger partial charge is 0.312 e. The molecule has 2 rings (SSSR count). The number of aryl methyl sites for hydroxylation is 1. The molecule has 6 nitrogen and oxygen atoms in total. The highest BCUT2D eigenvalue weighted by molar-refractivity contribution is 7.98. The minimum Gasteiger partial charge on any atom is -0.352 e. The van der Waals surface area contributed by atoms with Crippen LogP contribution < -0.4 is 11.1 Å². The van der Waals surface area contributed by atoms with Gasteiger partial charge in [-0.1, -0.05) is 29.8 Å². The maximum Gasteiger partial charge on any atom is 0.312 e. The third-order valence-electron chi connectivity index (χ3n) is 4.40. The second kappa shape index (κ2) is 9.68. The second-order valence-electron chi connectivity index (χ2n) is 6.43. The molecule has 3 amide bonds. The largest absolute Gasteiger partial charge is 0.352 e. The molecule has 0 saturated carbocycles. The number of carbonyl (C=O) groups is 2. The first kappa shape index (κ1) is 19.6. The van der Waals surface area contributed by atoms with Gasteiger partial charge in [-0.15, -0.1) is 0 Å². The Bertz CT molecular complexity index is 588. The average molecular weight is 365 g/mol. The van der Waals surface area contributed by atoms with Gasteiger partial charge in [0, 0.05) is 32.7 Å². The van der Waals surface area contributed by atoms with Crippen LogP contribution in [0.3, 0.4) is 0 Å². The maximum atomic E-state index is 12.7. The molecular formula is C18H28N4O2S. The fourth-order valence-electron chi connectivity index (χ4n) is 3.08. The van der Waals surface area contributed by atoms with E-state index in [1.165, 1.54) is 11.1 Å². The molecule has 3 N–H and O–H groups in total. The predicted octanol–water partition coefficient (Wildman–Crippen LogP) is 1.43. The van der Waals surface area contributed by atoms with Gasteiger partial charge in [0.15, 0.2) is 0 Å². The molecular weight excluding hydrogens is 336 g/mol. The molecule has 1 aliphatic rings. The molecule has 1 aromatic carbocycles. The summed E-state index contributed by atoms with van der Waals surface area (Å²) in [6, 6.07) is 7.36. The summed E-state index contributed by atoms with van der Waals surface area (Å²) in [6.45, 7) is 6.04. The fourth-order valence-corrected chi connectivity index (χ4v) is 3.55. The van der Waals surface area contributed by atoms with E-state index in [0.717, 1.165) is 25.4 Å². The predicted molar refractivity (Wildman–Crippen MR) is 103 cm³/mol. The minimum atomic E-state index is -0.641. The third kappa shape index (κ3) is 6.25. The molecule has 1 unspecified atom stereocenters. The highest BCUT2D eigenvalue weighted by Crippen LogP contribution is 2.12. The van der Waals surface area contributed by atoms with Crippen LogP contribution in [-0.2, 0) is 11.3 Å². The number of nitrogens with two attached hydrogens (primary N) is 1. The van der Waals surface area contributed by atoms with Crippen LogP contribution in [0.25, 0.3) is 0 Å². The zero-order chi connectivity index (χ0) is 18.2. The number of piperazine rings is 1. The van der Waals surface area contributed by atoms with Crippen molar-refractivity contribution in [3.05, 3.63) is 35.4 Å². The number of carbonyl (C=O) groups excluding carboxylic acids is 2. The third-order valence-corrected chi connectivity index (χ3v) is 5.04. The molecule has 1 aliphatic heterocycles. The number of primary amides is 1. The Morgan fingerprint density at radius 2 is 2.00 bits per heavy atom. The molecule has 25 heavy (non-hydrogen) atoms. The summed E-state index contributed by atoms with van der Waals surface area (Å²) in [5.41, 5.74) is 7.78. The van der Waals surface area contributed by atoms with Crippen LogP contribution in [0.5, 0.6) is 0 Å². The van der Waals surface area contributed by atoms with E-state index in [0.29, 0.717) is 19.5 Å². The Kier molecular flexibility index (Phi) is 7.58. The van der Waals surface area contributed by atoms with Crippen molar-refractivity contribution in [1.82, 2.24) is 15.1 Å². The van der Waals surface area contributed by atoms with Crippen LogP contribution >= 0.6 is 11.8 Å². The molecule has 1 fully saturated rings. The second-order valence-corrected chi connectivity index (χ2v) is 7.42. The van der Waals surface area contributed by atoms with E-state index in [-0.39, 0.29) is 5.91 Å². The van der Waals surface area contributed by atoms with Crippen molar-refractivity contribution in [2.24, 2.45) is 5.73 Å². The lowest BCUT2D eigenvalue weighted by Crippen LogP contribution is -2.55. The molecule has 1 atom stereocenters. The number of hydrogen-bond acceptors (Lipinski definition) is 4. The molecule has 1 saturated heterocycles. The van der Waals surface area contributed by atoms with Crippen molar-refractivity contribution in [3.8, 4) is 0 Å². The van der Waals surface area contributed by atoms with E-state index < -0.39 is 12.1 Å². The first-order valence-corrected chi connectivity index (χ1v) is 10.0. The Morgan fingerprint density at radius 1 is 1.28 bits per heavy atom. The van der Waals surface area contributed by atoms with Crippen molar-refractivity contribution in [3.63, 3.8) is 0 Å². The average Bonchev–Trinajstić information content (AvgIpc) is 2.58. The van der Waals surface area contributed by atoms with Crippen molar-refractivity contribution in [2.75, 3.05) is 38.2 Å². The highest BCUT2D eigenvalue weighted by atomic mass is 32.2. The van der Waals surface area contributed by atoms with Gasteiger partial charge in [-0.25, -0.2) is 4.79 Å². The molecule has 1 heterocycles. The molecule has 0 aliphatic carbocycles. The number of benzene rings is 1. The van der Waals surface area contributed by atoms with Crippen LogP contribution in [0.1, 0.15) is 17.5 Å². The molecule has 0 aromatic heterocycles. The van der Waals surface area contributed by atoms with Crippen LogP contribution in [0.2, 0.25) is 0 Å². The quantitative estimate of drug-likeness (QED) is 0.767. The molecule has 138 valence electrons. The van der Waals surface area contributed by atoms with Crippen molar-refractivity contribution < 1.29 is 9.59 Å². The van der Waals surface area contributed by atoms with Crippen molar-refractivity contribution in [1.29, 1.82) is 0 Å². The van der Waals surface area contributed by atoms with E-state index in [4.69, 9.17) is 5.73 Å². The van der Waals surface area contributed by atoms with E-state index in [1.807, 2.05) is 11.2 Å². The summed E-state index contributed by atoms with van der Waals surface area (Å²) in [5, 5.41) is 2.59. The van der Waals surface area contributed by atoms with Crippen LogP contribution in [-0.4, -0.2) is 66.0 Å². The summed E-state index contributed by atoms with van der Waals surface area (Å²) in [6.07, 6.45) is 2.59. The monoisotopic (exact) mass is 364 g/mol. The molecule has 0 radical (unpaired) electrons. The summed E-state index contributed by atoms with van der Waals surface area (Å²) >= 11 is 1.65. The standard InChI is InChI=1S/C18H28N4O2S/c1-14-4-3-5-15(12-14)13-21-7-9-22(10-8-21)17(23)16(6-11-25-2)20-18(19)24/h3-5,12,16H,6-11,13H2,1-2H3,(H3,19,20,24). The van der Waals surface area contributed by atoms with Crippen LogP contribution in [0.15, 0.2) is 24.3 Å². The van der Waals surface area contributed by atoms with Gasteiger partial charge in [-0.2, -0.15) is 11.8 Å². The van der Waals surface area contributed by atoms with Gasteiger partial charge in [-0.3, -0.25) is 9.69 Å². The lowest BCUT2D eigenvalue weighted by atomic mass is 10.1. The molecule has 1 aromatic rings. The van der Waals surface area contributed by atoms with Crippen molar-refractivity contribution >= 4 is 23.7 Å². The summed E-state index contributed by atoms with van der Waals surface area (Å²) in [7, 11) is 0. The van der Waals surface area contributed by atoms with Gasteiger partial charge in [0.05, 0.1) is 0 Å². The maximum absolute atomic E-state index is 12.7.